The fourth-order valence-electron chi connectivity index (χ4n) is 1.70. The Morgan fingerprint density at radius 1 is 1.18 bits per heavy atom. The number of nitrogens with one attached hydrogen (secondary N) is 1. The van der Waals surface area contributed by atoms with Crippen LogP contribution >= 0.6 is 0 Å². The van der Waals surface area contributed by atoms with E-state index >= 15 is 0 Å². The Morgan fingerprint density at radius 3 is 2.71 bits per heavy atom. The Morgan fingerprint density at radius 2 is 2.00 bits per heavy atom. The van der Waals surface area contributed by atoms with E-state index in [-0.39, 0.29) is 5.52 Å². The number of benzene rings is 1. The van der Waals surface area contributed by atoms with E-state index in [4.69, 9.17) is 4.42 Å². The molecule has 0 aliphatic carbocycles. The molecule has 0 aliphatic rings. The molecular formula is C12H8F2N2O. The molecule has 2 aromatic heterocycles. The van der Waals surface area contributed by atoms with Crippen LogP contribution in [0.2, 0.25) is 0 Å². The first-order valence-electron chi connectivity index (χ1n) is 5.05. The smallest absolute Gasteiger partial charge is 0.186 e. The molecule has 17 heavy (non-hydrogen) atoms. The Kier molecular flexibility index (Phi) is 2.01. The van der Waals surface area contributed by atoms with Crippen molar-refractivity contribution in [1.82, 2.24) is 9.97 Å². The minimum Gasteiger partial charge on any atom is -0.458 e. The zero-order valence-electron chi connectivity index (χ0n) is 8.92. The number of rotatable bonds is 1. The van der Waals surface area contributed by atoms with E-state index in [0.29, 0.717) is 17.1 Å². The fourth-order valence-corrected chi connectivity index (χ4v) is 1.70. The molecule has 5 heteroatoms. The van der Waals surface area contributed by atoms with Crippen molar-refractivity contribution in [1.29, 1.82) is 0 Å². The van der Waals surface area contributed by atoms with Crippen LogP contribution in [-0.2, 0) is 0 Å². The molecule has 86 valence electrons. The standard InChI is InChI=1S/C12H8F2N2O/c1-6-2-5-9(17-6)12-15-8-4-3-7(13)10(14)11(8)16-12/h2-5H,1H3,(H,15,16). The molecular weight excluding hydrogens is 226 g/mol. The zero-order chi connectivity index (χ0) is 12.0. The summed E-state index contributed by atoms with van der Waals surface area (Å²) in [7, 11) is 0. The van der Waals surface area contributed by atoms with E-state index in [0.717, 1.165) is 11.8 Å². The first-order valence-corrected chi connectivity index (χ1v) is 5.05. The van der Waals surface area contributed by atoms with Crippen LogP contribution in [0.1, 0.15) is 5.76 Å². The Hall–Kier alpha value is -2.17. The number of hydrogen-bond donors (Lipinski definition) is 1. The average molecular weight is 234 g/mol. The largest absolute Gasteiger partial charge is 0.458 e. The summed E-state index contributed by atoms with van der Waals surface area (Å²) in [5, 5.41) is 0. The second-order valence-electron chi connectivity index (χ2n) is 3.75. The van der Waals surface area contributed by atoms with Crippen LogP contribution in [-0.4, -0.2) is 9.97 Å². The lowest BCUT2D eigenvalue weighted by Gasteiger charge is -1.91. The van der Waals surface area contributed by atoms with E-state index < -0.39 is 11.6 Å². The predicted octanol–water partition coefficient (Wildman–Crippen LogP) is 3.41. The molecule has 0 atom stereocenters. The van der Waals surface area contributed by atoms with Crippen LogP contribution in [0.3, 0.4) is 0 Å². The highest BCUT2D eigenvalue weighted by Crippen LogP contribution is 2.24. The summed E-state index contributed by atoms with van der Waals surface area (Å²) < 4.78 is 31.8. The van der Waals surface area contributed by atoms with Crippen molar-refractivity contribution in [3.63, 3.8) is 0 Å². The van der Waals surface area contributed by atoms with E-state index in [1.807, 2.05) is 0 Å². The van der Waals surface area contributed by atoms with Gasteiger partial charge in [-0.3, -0.25) is 0 Å². The van der Waals surface area contributed by atoms with Crippen molar-refractivity contribution in [2.45, 2.75) is 6.92 Å². The van der Waals surface area contributed by atoms with Crippen LogP contribution in [0.4, 0.5) is 8.78 Å². The van der Waals surface area contributed by atoms with Gasteiger partial charge >= 0.3 is 0 Å². The lowest BCUT2D eigenvalue weighted by atomic mass is 10.3. The number of fused-ring (bicyclic) bond motifs is 1. The van der Waals surface area contributed by atoms with Crippen molar-refractivity contribution >= 4 is 11.0 Å². The van der Waals surface area contributed by atoms with Gasteiger partial charge < -0.3 is 9.40 Å². The van der Waals surface area contributed by atoms with Crippen LogP contribution in [0, 0.1) is 18.6 Å². The third-order valence-corrected chi connectivity index (χ3v) is 2.52. The van der Waals surface area contributed by atoms with Gasteiger partial charge in [0.15, 0.2) is 23.2 Å². The number of aromatic nitrogens is 2. The zero-order valence-corrected chi connectivity index (χ0v) is 8.92. The number of H-pyrrole nitrogens is 1. The Labute approximate surface area is 95.1 Å². The second kappa shape index (κ2) is 3.41. The van der Waals surface area contributed by atoms with Crippen LogP contribution in [0.25, 0.3) is 22.6 Å². The van der Waals surface area contributed by atoms with Crippen LogP contribution in [0.5, 0.6) is 0 Å². The summed E-state index contributed by atoms with van der Waals surface area (Å²) in [5.74, 6) is -0.248. The third kappa shape index (κ3) is 1.51. The number of furan rings is 1. The molecule has 0 spiro atoms. The van der Waals surface area contributed by atoms with Gasteiger partial charge in [-0.05, 0) is 31.2 Å². The maximum absolute atomic E-state index is 13.4. The molecule has 3 rings (SSSR count). The van der Waals surface area contributed by atoms with Gasteiger partial charge in [0, 0.05) is 0 Å². The summed E-state index contributed by atoms with van der Waals surface area (Å²) in [6.45, 7) is 1.80. The van der Waals surface area contributed by atoms with Gasteiger partial charge in [-0.2, -0.15) is 0 Å². The van der Waals surface area contributed by atoms with Crippen LogP contribution in [0.15, 0.2) is 28.7 Å². The van der Waals surface area contributed by atoms with Crippen molar-refractivity contribution in [3.05, 3.63) is 41.7 Å². The molecule has 3 nitrogen and oxygen atoms in total. The van der Waals surface area contributed by atoms with Gasteiger partial charge in [0.2, 0.25) is 0 Å². The molecule has 0 bridgehead atoms. The summed E-state index contributed by atoms with van der Waals surface area (Å²) in [5.41, 5.74) is 0.419. The minimum absolute atomic E-state index is 0.0194. The molecule has 0 unspecified atom stereocenters. The molecule has 0 aliphatic heterocycles. The molecule has 0 amide bonds. The first kappa shape index (κ1) is 10.0. The quantitative estimate of drug-likeness (QED) is 0.701. The molecule has 0 fully saturated rings. The fraction of sp³-hybridized carbons (Fsp3) is 0.0833. The predicted molar refractivity (Wildman–Crippen MR) is 58.4 cm³/mol. The van der Waals surface area contributed by atoms with Gasteiger partial charge in [-0.1, -0.05) is 0 Å². The normalized spacial score (nSPS) is 11.2. The van der Waals surface area contributed by atoms with Gasteiger partial charge in [0.05, 0.1) is 5.52 Å². The molecule has 0 radical (unpaired) electrons. The number of hydrogen-bond acceptors (Lipinski definition) is 2. The number of imidazole rings is 1. The van der Waals surface area contributed by atoms with E-state index in [9.17, 15) is 8.78 Å². The number of halogens is 2. The highest BCUT2D eigenvalue weighted by molar-refractivity contribution is 5.79. The van der Waals surface area contributed by atoms with Crippen molar-refractivity contribution in [3.8, 4) is 11.6 Å². The summed E-state index contributed by atoms with van der Waals surface area (Å²) in [4.78, 5) is 6.87. The molecule has 0 saturated heterocycles. The summed E-state index contributed by atoms with van der Waals surface area (Å²) in [6.07, 6.45) is 0. The SMILES string of the molecule is Cc1ccc(-c2nc3c(F)c(F)ccc3[nH]2)o1. The maximum atomic E-state index is 13.4. The minimum atomic E-state index is -0.951. The van der Waals surface area contributed by atoms with E-state index in [2.05, 4.69) is 9.97 Å². The van der Waals surface area contributed by atoms with Gasteiger partial charge in [-0.25, -0.2) is 13.8 Å². The first-order chi connectivity index (χ1) is 8.15. The number of aromatic amines is 1. The van der Waals surface area contributed by atoms with Crippen molar-refractivity contribution < 1.29 is 13.2 Å². The number of aryl methyl sites for hydroxylation is 1. The van der Waals surface area contributed by atoms with E-state index in [1.165, 1.54) is 6.07 Å². The number of nitrogens with zero attached hydrogens (tertiary/aromatic N) is 1. The summed E-state index contributed by atoms with van der Waals surface area (Å²) >= 11 is 0. The molecule has 1 aromatic carbocycles. The molecule has 2 heterocycles. The summed E-state index contributed by atoms with van der Waals surface area (Å²) in [6, 6.07) is 6.01. The van der Waals surface area contributed by atoms with Gasteiger partial charge in [0.25, 0.3) is 0 Å². The van der Waals surface area contributed by atoms with Gasteiger partial charge in [-0.15, -0.1) is 0 Å². The second-order valence-corrected chi connectivity index (χ2v) is 3.75. The monoisotopic (exact) mass is 234 g/mol. The topological polar surface area (TPSA) is 41.8 Å². The van der Waals surface area contributed by atoms with Crippen molar-refractivity contribution in [2.24, 2.45) is 0 Å². The highest BCUT2D eigenvalue weighted by atomic mass is 19.2. The molecule has 0 saturated carbocycles. The Balaban J connectivity index is 2.23. The van der Waals surface area contributed by atoms with Crippen molar-refractivity contribution in [2.75, 3.05) is 0 Å². The van der Waals surface area contributed by atoms with E-state index in [1.54, 1.807) is 19.1 Å². The average Bonchev–Trinajstić information content (AvgIpc) is 2.90. The third-order valence-electron chi connectivity index (χ3n) is 2.52. The maximum Gasteiger partial charge on any atom is 0.186 e. The molecule has 3 aromatic rings. The highest BCUT2D eigenvalue weighted by Gasteiger charge is 2.14. The lowest BCUT2D eigenvalue weighted by molar-refractivity contribution is 0.515. The van der Waals surface area contributed by atoms with Gasteiger partial charge in [0.1, 0.15) is 11.3 Å². The lowest BCUT2D eigenvalue weighted by Crippen LogP contribution is -1.84. The Bertz CT molecular complexity index is 700. The molecule has 1 N–H and O–H groups in total. The van der Waals surface area contributed by atoms with Crippen LogP contribution < -0.4 is 0 Å².